The van der Waals surface area contributed by atoms with Crippen molar-refractivity contribution in [2.75, 3.05) is 5.32 Å². The molecule has 1 amide bonds. The van der Waals surface area contributed by atoms with E-state index in [4.69, 9.17) is 0 Å². The summed E-state index contributed by atoms with van der Waals surface area (Å²) in [6.45, 7) is 3.65. The Morgan fingerprint density at radius 1 is 1.26 bits per heavy atom. The normalized spacial score (nSPS) is 10.3. The SMILES string of the molecule is Cc1ccc(C(=O)Nc2ccc(F)c(Br)c2)c(C)n1. The van der Waals surface area contributed by atoms with E-state index in [1.807, 2.05) is 6.92 Å². The molecule has 5 heteroatoms. The summed E-state index contributed by atoms with van der Waals surface area (Å²) in [4.78, 5) is 16.3. The summed E-state index contributed by atoms with van der Waals surface area (Å²) in [5.74, 6) is -0.630. The maximum absolute atomic E-state index is 13.1. The van der Waals surface area contributed by atoms with Gasteiger partial charge in [0.2, 0.25) is 0 Å². The number of aryl methyl sites for hydroxylation is 2. The highest BCUT2D eigenvalue weighted by molar-refractivity contribution is 9.10. The van der Waals surface area contributed by atoms with Crippen LogP contribution in [0.1, 0.15) is 21.7 Å². The van der Waals surface area contributed by atoms with Gasteiger partial charge in [-0.2, -0.15) is 0 Å². The Labute approximate surface area is 119 Å². The highest BCUT2D eigenvalue weighted by Gasteiger charge is 2.11. The number of anilines is 1. The molecule has 0 bridgehead atoms. The zero-order chi connectivity index (χ0) is 14.0. The molecular formula is C14H12BrFN2O. The van der Waals surface area contributed by atoms with Gasteiger partial charge in [0.15, 0.2) is 0 Å². The molecule has 0 aliphatic carbocycles. The standard InChI is InChI=1S/C14H12BrFN2O/c1-8-3-5-11(9(2)17-8)14(19)18-10-4-6-13(16)12(15)7-10/h3-7H,1-2H3,(H,18,19). The Kier molecular flexibility index (Phi) is 3.95. The molecule has 3 nitrogen and oxygen atoms in total. The van der Waals surface area contributed by atoms with Crippen molar-refractivity contribution in [2.45, 2.75) is 13.8 Å². The molecule has 0 atom stereocenters. The zero-order valence-corrected chi connectivity index (χ0v) is 12.1. The topological polar surface area (TPSA) is 42.0 Å². The van der Waals surface area contributed by atoms with E-state index in [0.29, 0.717) is 21.4 Å². The first-order valence-electron chi connectivity index (χ1n) is 5.68. The molecule has 1 aromatic carbocycles. The molecule has 0 saturated heterocycles. The molecular weight excluding hydrogens is 311 g/mol. The van der Waals surface area contributed by atoms with Crippen molar-refractivity contribution in [2.24, 2.45) is 0 Å². The minimum Gasteiger partial charge on any atom is -0.322 e. The Morgan fingerprint density at radius 2 is 2.00 bits per heavy atom. The van der Waals surface area contributed by atoms with Gasteiger partial charge in [0.25, 0.3) is 5.91 Å². The number of hydrogen-bond donors (Lipinski definition) is 1. The number of rotatable bonds is 2. The average Bonchev–Trinajstić information content (AvgIpc) is 2.33. The molecule has 0 unspecified atom stereocenters. The lowest BCUT2D eigenvalue weighted by molar-refractivity contribution is 0.102. The summed E-state index contributed by atoms with van der Waals surface area (Å²) in [5.41, 5.74) is 2.56. The van der Waals surface area contributed by atoms with E-state index in [1.165, 1.54) is 18.2 Å². The van der Waals surface area contributed by atoms with Crippen molar-refractivity contribution in [1.29, 1.82) is 0 Å². The Bertz CT molecular complexity index is 643. The van der Waals surface area contributed by atoms with Gasteiger partial charge in [-0.05, 0) is 60.1 Å². The largest absolute Gasteiger partial charge is 0.322 e. The number of carbonyl (C=O) groups is 1. The third-order valence-corrected chi connectivity index (χ3v) is 3.25. The van der Waals surface area contributed by atoms with Gasteiger partial charge in [-0.15, -0.1) is 0 Å². The fourth-order valence-corrected chi connectivity index (χ4v) is 2.08. The lowest BCUT2D eigenvalue weighted by Crippen LogP contribution is -2.14. The van der Waals surface area contributed by atoms with Gasteiger partial charge in [0, 0.05) is 11.4 Å². The van der Waals surface area contributed by atoms with Crippen LogP contribution in [0.15, 0.2) is 34.8 Å². The van der Waals surface area contributed by atoms with Gasteiger partial charge in [-0.3, -0.25) is 9.78 Å². The van der Waals surface area contributed by atoms with Gasteiger partial charge < -0.3 is 5.32 Å². The summed E-state index contributed by atoms with van der Waals surface area (Å²) in [6, 6.07) is 7.83. The van der Waals surface area contributed by atoms with Crippen LogP contribution in [0.5, 0.6) is 0 Å². The first kappa shape index (κ1) is 13.7. The Balaban J connectivity index is 2.23. The fraction of sp³-hybridized carbons (Fsp3) is 0.143. The number of nitrogens with zero attached hydrogens (tertiary/aromatic N) is 1. The van der Waals surface area contributed by atoms with Crippen LogP contribution in [-0.2, 0) is 0 Å². The predicted octanol–water partition coefficient (Wildman–Crippen LogP) is 3.85. The van der Waals surface area contributed by atoms with Crippen LogP contribution in [0.2, 0.25) is 0 Å². The summed E-state index contributed by atoms with van der Waals surface area (Å²) >= 11 is 3.08. The molecule has 0 aliphatic heterocycles. The van der Waals surface area contributed by atoms with E-state index in [-0.39, 0.29) is 11.7 Å². The van der Waals surface area contributed by atoms with Crippen molar-refractivity contribution in [3.63, 3.8) is 0 Å². The van der Waals surface area contributed by atoms with E-state index >= 15 is 0 Å². The molecule has 19 heavy (non-hydrogen) atoms. The number of nitrogens with one attached hydrogen (secondary N) is 1. The predicted molar refractivity (Wildman–Crippen MR) is 75.8 cm³/mol. The smallest absolute Gasteiger partial charge is 0.257 e. The van der Waals surface area contributed by atoms with Crippen molar-refractivity contribution >= 4 is 27.5 Å². The summed E-state index contributed by atoms with van der Waals surface area (Å²) < 4.78 is 13.4. The van der Waals surface area contributed by atoms with E-state index in [1.54, 1.807) is 19.1 Å². The van der Waals surface area contributed by atoms with Crippen molar-refractivity contribution in [1.82, 2.24) is 4.98 Å². The lowest BCUT2D eigenvalue weighted by Gasteiger charge is -2.08. The molecule has 0 radical (unpaired) electrons. The van der Waals surface area contributed by atoms with Crippen LogP contribution in [0, 0.1) is 19.7 Å². The molecule has 0 saturated carbocycles. The fourth-order valence-electron chi connectivity index (χ4n) is 1.70. The molecule has 0 spiro atoms. The molecule has 0 aliphatic rings. The highest BCUT2D eigenvalue weighted by Crippen LogP contribution is 2.20. The first-order chi connectivity index (χ1) is 8.97. The number of carbonyl (C=O) groups excluding carboxylic acids is 1. The number of benzene rings is 1. The van der Waals surface area contributed by atoms with Crippen LogP contribution in [-0.4, -0.2) is 10.9 Å². The van der Waals surface area contributed by atoms with Crippen molar-refractivity contribution in [3.8, 4) is 0 Å². The van der Waals surface area contributed by atoms with Crippen LogP contribution in [0.25, 0.3) is 0 Å². The van der Waals surface area contributed by atoms with Crippen LogP contribution >= 0.6 is 15.9 Å². The van der Waals surface area contributed by atoms with E-state index < -0.39 is 0 Å². The third-order valence-electron chi connectivity index (χ3n) is 2.65. The minimum atomic E-state index is -0.369. The minimum absolute atomic E-state index is 0.261. The number of aromatic nitrogens is 1. The lowest BCUT2D eigenvalue weighted by atomic mass is 10.1. The van der Waals surface area contributed by atoms with Crippen LogP contribution in [0.4, 0.5) is 10.1 Å². The van der Waals surface area contributed by atoms with Crippen molar-refractivity contribution in [3.05, 3.63) is 57.6 Å². The van der Waals surface area contributed by atoms with Gasteiger partial charge in [-0.1, -0.05) is 0 Å². The molecule has 1 heterocycles. The number of hydrogen-bond acceptors (Lipinski definition) is 2. The number of pyridine rings is 1. The molecule has 2 rings (SSSR count). The van der Waals surface area contributed by atoms with Gasteiger partial charge in [0.1, 0.15) is 5.82 Å². The molecule has 1 N–H and O–H groups in total. The maximum atomic E-state index is 13.1. The Morgan fingerprint density at radius 3 is 2.63 bits per heavy atom. The second-order valence-corrected chi connectivity index (χ2v) is 5.02. The number of amides is 1. The van der Waals surface area contributed by atoms with E-state index in [2.05, 4.69) is 26.2 Å². The number of halogens is 2. The van der Waals surface area contributed by atoms with Gasteiger partial charge in [0.05, 0.1) is 15.7 Å². The molecule has 98 valence electrons. The molecule has 2 aromatic rings. The Hall–Kier alpha value is -1.75. The second-order valence-electron chi connectivity index (χ2n) is 4.17. The highest BCUT2D eigenvalue weighted by atomic mass is 79.9. The van der Waals surface area contributed by atoms with E-state index in [9.17, 15) is 9.18 Å². The average molecular weight is 323 g/mol. The third kappa shape index (κ3) is 3.17. The zero-order valence-electron chi connectivity index (χ0n) is 10.5. The maximum Gasteiger partial charge on any atom is 0.257 e. The summed E-state index contributed by atoms with van der Waals surface area (Å²) in [7, 11) is 0. The summed E-state index contributed by atoms with van der Waals surface area (Å²) in [6.07, 6.45) is 0. The van der Waals surface area contributed by atoms with E-state index in [0.717, 1.165) is 5.69 Å². The molecule has 0 fully saturated rings. The second kappa shape index (κ2) is 5.48. The van der Waals surface area contributed by atoms with Crippen molar-refractivity contribution < 1.29 is 9.18 Å². The van der Waals surface area contributed by atoms with Gasteiger partial charge >= 0.3 is 0 Å². The molecule has 1 aromatic heterocycles. The first-order valence-corrected chi connectivity index (χ1v) is 6.47. The van der Waals surface area contributed by atoms with Gasteiger partial charge in [-0.25, -0.2) is 4.39 Å². The quantitative estimate of drug-likeness (QED) is 0.912. The summed E-state index contributed by atoms with van der Waals surface area (Å²) in [5, 5.41) is 2.71. The monoisotopic (exact) mass is 322 g/mol. The van der Waals surface area contributed by atoms with Crippen LogP contribution in [0.3, 0.4) is 0 Å². The van der Waals surface area contributed by atoms with Crippen LogP contribution < -0.4 is 5.32 Å².